The summed E-state index contributed by atoms with van der Waals surface area (Å²) in [6.45, 7) is 0. The summed E-state index contributed by atoms with van der Waals surface area (Å²) in [5, 5.41) is 12.6. The summed E-state index contributed by atoms with van der Waals surface area (Å²) in [5.74, 6) is -0.909. The average molecular weight is 330 g/mol. The predicted octanol–water partition coefficient (Wildman–Crippen LogP) is 4.48. The van der Waals surface area contributed by atoms with E-state index < -0.39 is 5.82 Å². The lowest BCUT2D eigenvalue weighted by atomic mass is 9.99. The maximum Gasteiger partial charge on any atom is 0.214 e. The molecule has 4 aromatic rings. The fraction of sp³-hybridized carbons (Fsp3) is 0. The topological polar surface area (TPSA) is 65.4 Å². The SMILES string of the molecule is O=C1C(c2c(O)[nH]c3ccc(F)cc23)=Nc2c1ccc1ccccc21. The molecule has 0 saturated heterocycles. The van der Waals surface area contributed by atoms with Crippen LogP contribution in [-0.4, -0.2) is 21.6 Å². The molecular formula is C20H11FN2O2. The summed E-state index contributed by atoms with van der Waals surface area (Å²) in [7, 11) is 0. The molecule has 4 nitrogen and oxygen atoms in total. The van der Waals surface area contributed by atoms with Gasteiger partial charge >= 0.3 is 0 Å². The molecule has 120 valence electrons. The molecule has 1 aliphatic heterocycles. The second-order valence-electron chi connectivity index (χ2n) is 6.01. The fourth-order valence-corrected chi connectivity index (χ4v) is 3.41. The van der Waals surface area contributed by atoms with E-state index in [0.29, 0.717) is 22.2 Å². The first-order chi connectivity index (χ1) is 12.1. The second-order valence-corrected chi connectivity index (χ2v) is 6.01. The summed E-state index contributed by atoms with van der Waals surface area (Å²) in [5.41, 5.74) is 1.98. The Hall–Kier alpha value is -3.47. The molecule has 0 unspecified atom stereocenters. The van der Waals surface area contributed by atoms with Crippen molar-refractivity contribution in [2.45, 2.75) is 0 Å². The Bertz CT molecular complexity index is 1240. The lowest BCUT2D eigenvalue weighted by Crippen LogP contribution is -2.10. The number of carbonyl (C=O) groups excluding carboxylic acids is 1. The molecule has 5 heteroatoms. The summed E-state index contributed by atoms with van der Waals surface area (Å²) < 4.78 is 13.7. The van der Waals surface area contributed by atoms with Crippen molar-refractivity contribution in [3.05, 3.63) is 71.5 Å². The number of benzene rings is 3. The number of hydrogen-bond donors (Lipinski definition) is 2. The number of nitrogens with one attached hydrogen (secondary N) is 1. The van der Waals surface area contributed by atoms with Crippen molar-refractivity contribution in [1.29, 1.82) is 0 Å². The van der Waals surface area contributed by atoms with Gasteiger partial charge in [-0.1, -0.05) is 30.3 Å². The van der Waals surface area contributed by atoms with Crippen LogP contribution in [0.1, 0.15) is 15.9 Å². The third-order valence-electron chi connectivity index (χ3n) is 4.56. The smallest absolute Gasteiger partial charge is 0.214 e. The Kier molecular flexibility index (Phi) is 2.65. The first-order valence-electron chi connectivity index (χ1n) is 7.79. The Balaban J connectivity index is 1.81. The molecule has 0 bridgehead atoms. The van der Waals surface area contributed by atoms with Gasteiger partial charge < -0.3 is 10.1 Å². The Morgan fingerprint density at radius 2 is 1.84 bits per heavy atom. The second kappa shape index (κ2) is 4.77. The zero-order valence-electron chi connectivity index (χ0n) is 12.9. The van der Waals surface area contributed by atoms with Gasteiger partial charge in [-0.15, -0.1) is 0 Å². The first kappa shape index (κ1) is 13.9. The number of aromatic hydroxyl groups is 1. The minimum absolute atomic E-state index is 0.126. The minimum atomic E-state index is -0.443. The van der Waals surface area contributed by atoms with Crippen molar-refractivity contribution in [3.8, 4) is 5.88 Å². The highest BCUT2D eigenvalue weighted by atomic mass is 19.1. The lowest BCUT2D eigenvalue weighted by molar-refractivity contribution is 0.107. The van der Waals surface area contributed by atoms with Crippen LogP contribution in [-0.2, 0) is 0 Å². The maximum absolute atomic E-state index is 13.7. The van der Waals surface area contributed by atoms with Gasteiger partial charge in [-0.3, -0.25) is 4.79 Å². The molecule has 0 spiro atoms. The molecule has 1 aliphatic rings. The van der Waals surface area contributed by atoms with E-state index in [9.17, 15) is 14.3 Å². The molecule has 0 fully saturated rings. The third-order valence-corrected chi connectivity index (χ3v) is 4.56. The molecule has 0 radical (unpaired) electrons. The van der Waals surface area contributed by atoms with Crippen molar-refractivity contribution in [1.82, 2.24) is 4.98 Å². The molecule has 0 amide bonds. The summed E-state index contributed by atoms with van der Waals surface area (Å²) >= 11 is 0. The van der Waals surface area contributed by atoms with Crippen LogP contribution in [0.4, 0.5) is 10.1 Å². The predicted molar refractivity (Wildman–Crippen MR) is 94.4 cm³/mol. The van der Waals surface area contributed by atoms with E-state index in [2.05, 4.69) is 9.98 Å². The molecule has 2 heterocycles. The van der Waals surface area contributed by atoms with Crippen LogP contribution in [0.15, 0.2) is 59.6 Å². The van der Waals surface area contributed by atoms with E-state index in [1.54, 1.807) is 6.07 Å². The Labute approximate surface area is 141 Å². The van der Waals surface area contributed by atoms with Crippen molar-refractivity contribution >= 4 is 38.9 Å². The number of rotatable bonds is 1. The number of H-pyrrole nitrogens is 1. The zero-order chi connectivity index (χ0) is 17.1. The fourth-order valence-electron chi connectivity index (χ4n) is 3.41. The highest BCUT2D eigenvalue weighted by Gasteiger charge is 2.31. The van der Waals surface area contributed by atoms with Gasteiger partial charge in [0, 0.05) is 16.3 Å². The third kappa shape index (κ3) is 1.86. The van der Waals surface area contributed by atoms with Crippen molar-refractivity contribution in [2.24, 2.45) is 4.99 Å². The first-order valence-corrected chi connectivity index (χ1v) is 7.79. The number of Topliss-reactive ketones (excluding diaryl/α,β-unsaturated/α-hetero) is 1. The molecule has 1 aromatic heterocycles. The van der Waals surface area contributed by atoms with Gasteiger partial charge in [0.15, 0.2) is 5.88 Å². The van der Waals surface area contributed by atoms with Gasteiger partial charge in [0.1, 0.15) is 11.5 Å². The van der Waals surface area contributed by atoms with E-state index in [0.717, 1.165) is 10.8 Å². The van der Waals surface area contributed by atoms with Crippen LogP contribution in [0.5, 0.6) is 5.88 Å². The highest BCUT2D eigenvalue weighted by Crippen LogP contribution is 2.39. The molecule has 2 N–H and O–H groups in total. The molecule has 0 atom stereocenters. The Morgan fingerprint density at radius 1 is 1.00 bits per heavy atom. The van der Waals surface area contributed by atoms with Crippen molar-refractivity contribution < 1.29 is 14.3 Å². The van der Waals surface area contributed by atoms with Crippen LogP contribution < -0.4 is 0 Å². The van der Waals surface area contributed by atoms with Crippen molar-refractivity contribution in [2.75, 3.05) is 0 Å². The number of halogens is 1. The van der Waals surface area contributed by atoms with E-state index >= 15 is 0 Å². The van der Waals surface area contributed by atoms with E-state index in [-0.39, 0.29) is 22.9 Å². The van der Waals surface area contributed by atoms with Crippen LogP contribution in [0.25, 0.3) is 21.7 Å². The summed E-state index contributed by atoms with van der Waals surface area (Å²) in [6, 6.07) is 15.4. The largest absolute Gasteiger partial charge is 0.494 e. The number of aromatic amines is 1. The van der Waals surface area contributed by atoms with Gasteiger partial charge in [0.25, 0.3) is 0 Å². The number of aromatic nitrogens is 1. The van der Waals surface area contributed by atoms with E-state index in [1.165, 1.54) is 18.2 Å². The molecule has 0 aliphatic carbocycles. The number of carbonyl (C=O) groups is 1. The van der Waals surface area contributed by atoms with Gasteiger partial charge in [-0.25, -0.2) is 9.38 Å². The van der Waals surface area contributed by atoms with Crippen LogP contribution in [0.2, 0.25) is 0 Å². The van der Waals surface area contributed by atoms with Gasteiger partial charge in [-0.05, 0) is 29.7 Å². The number of fused-ring (bicyclic) bond motifs is 4. The summed E-state index contributed by atoms with van der Waals surface area (Å²) in [4.78, 5) is 20.2. The zero-order valence-corrected chi connectivity index (χ0v) is 12.9. The maximum atomic E-state index is 13.7. The molecule has 5 rings (SSSR count). The highest BCUT2D eigenvalue weighted by molar-refractivity contribution is 6.57. The normalized spacial score (nSPS) is 13.5. The lowest BCUT2D eigenvalue weighted by Gasteiger charge is -2.01. The molecular weight excluding hydrogens is 319 g/mol. The van der Waals surface area contributed by atoms with Crippen LogP contribution in [0, 0.1) is 5.82 Å². The number of ketones is 1. The quantitative estimate of drug-likeness (QED) is 0.540. The average Bonchev–Trinajstić information content (AvgIpc) is 3.11. The Morgan fingerprint density at radius 3 is 2.72 bits per heavy atom. The van der Waals surface area contributed by atoms with E-state index in [1.807, 2.05) is 30.3 Å². The molecule has 25 heavy (non-hydrogen) atoms. The van der Waals surface area contributed by atoms with Crippen LogP contribution >= 0.6 is 0 Å². The standard InChI is InChI=1S/C20H11FN2O2/c21-11-6-8-15-14(9-11)16(20(25)22-15)18-19(24)13-7-5-10-3-1-2-4-12(10)17(13)23-18/h1-9,22,25H. The van der Waals surface area contributed by atoms with Gasteiger partial charge in [0.2, 0.25) is 5.78 Å². The van der Waals surface area contributed by atoms with E-state index in [4.69, 9.17) is 0 Å². The minimum Gasteiger partial charge on any atom is -0.494 e. The van der Waals surface area contributed by atoms with Gasteiger partial charge in [-0.2, -0.15) is 0 Å². The molecule has 0 saturated carbocycles. The molecule has 3 aromatic carbocycles. The van der Waals surface area contributed by atoms with Crippen LogP contribution in [0.3, 0.4) is 0 Å². The monoisotopic (exact) mass is 330 g/mol. The number of hydrogen-bond acceptors (Lipinski definition) is 3. The number of nitrogens with zero attached hydrogens (tertiary/aromatic N) is 1. The van der Waals surface area contributed by atoms with Gasteiger partial charge in [0.05, 0.1) is 16.8 Å². The summed E-state index contributed by atoms with van der Waals surface area (Å²) in [6.07, 6.45) is 0. The number of aliphatic imine (C=N–C) groups is 1. The van der Waals surface area contributed by atoms with Crippen molar-refractivity contribution in [3.63, 3.8) is 0 Å².